The van der Waals surface area contributed by atoms with E-state index in [0.717, 1.165) is 51.4 Å². The number of nitrogens with zero attached hydrogens (tertiary/aromatic N) is 1. The third-order valence-electron chi connectivity index (χ3n) is 3.99. The summed E-state index contributed by atoms with van der Waals surface area (Å²) in [5.41, 5.74) is 0. The van der Waals surface area contributed by atoms with Crippen LogP contribution in [-0.2, 0) is 0 Å². The molecule has 118 valence electrons. The molecule has 0 saturated heterocycles. The molecule has 0 aromatic carbocycles. The molecular formula is C14H24N4O2S. The average Bonchev–Trinajstić information content (AvgIpc) is 3.11. The van der Waals surface area contributed by atoms with E-state index in [1.807, 2.05) is 0 Å². The molecule has 3 N–H and O–H groups in total. The predicted molar refractivity (Wildman–Crippen MR) is 85.7 cm³/mol. The number of carbonyl (C=O) groups excluding carboxylic acids is 2. The number of thioether (sulfide) groups is 1. The van der Waals surface area contributed by atoms with E-state index >= 15 is 0 Å². The molecule has 2 saturated carbocycles. The second-order valence-corrected chi connectivity index (χ2v) is 6.43. The highest BCUT2D eigenvalue weighted by atomic mass is 32.2. The van der Waals surface area contributed by atoms with Gasteiger partial charge in [0.15, 0.2) is 5.17 Å². The Morgan fingerprint density at radius 1 is 0.952 bits per heavy atom. The molecule has 0 aliphatic heterocycles. The minimum atomic E-state index is -0.368. The van der Waals surface area contributed by atoms with Crippen LogP contribution in [0.1, 0.15) is 51.4 Å². The van der Waals surface area contributed by atoms with Gasteiger partial charge in [0.25, 0.3) is 0 Å². The van der Waals surface area contributed by atoms with Gasteiger partial charge >= 0.3 is 12.1 Å². The first-order chi connectivity index (χ1) is 10.2. The number of hydrogen-bond donors (Lipinski definition) is 3. The maximum absolute atomic E-state index is 11.8. The molecule has 0 bridgehead atoms. The van der Waals surface area contributed by atoms with Gasteiger partial charge in [0, 0.05) is 12.1 Å². The van der Waals surface area contributed by atoms with Gasteiger partial charge < -0.3 is 10.6 Å². The molecule has 7 heteroatoms. The van der Waals surface area contributed by atoms with Crippen molar-refractivity contribution in [3.63, 3.8) is 0 Å². The van der Waals surface area contributed by atoms with Crippen LogP contribution in [0.2, 0.25) is 0 Å². The van der Waals surface area contributed by atoms with Crippen LogP contribution in [0.4, 0.5) is 9.59 Å². The molecule has 2 rings (SSSR count). The van der Waals surface area contributed by atoms with Gasteiger partial charge in [-0.2, -0.15) is 4.99 Å². The second kappa shape index (κ2) is 8.26. The molecule has 0 radical (unpaired) electrons. The first kappa shape index (κ1) is 16.1. The van der Waals surface area contributed by atoms with Crippen molar-refractivity contribution in [3.05, 3.63) is 0 Å². The van der Waals surface area contributed by atoms with Crippen LogP contribution in [0.25, 0.3) is 0 Å². The molecule has 4 amide bonds. The fourth-order valence-electron chi connectivity index (χ4n) is 2.88. The molecule has 2 fully saturated rings. The van der Waals surface area contributed by atoms with Gasteiger partial charge in [-0.3, -0.25) is 5.32 Å². The highest BCUT2D eigenvalue weighted by Crippen LogP contribution is 2.18. The van der Waals surface area contributed by atoms with E-state index in [0.29, 0.717) is 5.17 Å². The summed E-state index contributed by atoms with van der Waals surface area (Å²) in [6.45, 7) is 0. The molecule has 21 heavy (non-hydrogen) atoms. The van der Waals surface area contributed by atoms with E-state index in [1.54, 1.807) is 6.26 Å². The molecule has 2 aliphatic carbocycles. The molecule has 0 atom stereocenters. The van der Waals surface area contributed by atoms with Crippen molar-refractivity contribution < 1.29 is 9.59 Å². The lowest BCUT2D eigenvalue weighted by Crippen LogP contribution is -2.43. The summed E-state index contributed by atoms with van der Waals surface area (Å²) < 4.78 is 0. The van der Waals surface area contributed by atoms with Crippen LogP contribution in [0.15, 0.2) is 4.99 Å². The predicted octanol–water partition coefficient (Wildman–Crippen LogP) is 2.60. The normalized spacial score (nSPS) is 20.5. The van der Waals surface area contributed by atoms with Crippen molar-refractivity contribution in [2.24, 2.45) is 4.99 Å². The quantitative estimate of drug-likeness (QED) is 0.541. The third kappa shape index (κ3) is 5.57. The van der Waals surface area contributed by atoms with E-state index < -0.39 is 0 Å². The SMILES string of the molecule is CSC(=NC(=O)NC1CCCC1)NC(=O)NC1CCCC1. The van der Waals surface area contributed by atoms with Crippen LogP contribution in [0.5, 0.6) is 0 Å². The van der Waals surface area contributed by atoms with E-state index in [-0.39, 0.29) is 24.1 Å². The van der Waals surface area contributed by atoms with Crippen molar-refractivity contribution in [2.45, 2.75) is 63.5 Å². The van der Waals surface area contributed by atoms with E-state index in [9.17, 15) is 9.59 Å². The highest BCUT2D eigenvalue weighted by Gasteiger charge is 2.19. The Balaban J connectivity index is 1.78. The van der Waals surface area contributed by atoms with Crippen molar-refractivity contribution in [1.29, 1.82) is 0 Å². The van der Waals surface area contributed by atoms with Crippen molar-refractivity contribution >= 4 is 29.0 Å². The molecule has 0 spiro atoms. The summed E-state index contributed by atoms with van der Waals surface area (Å²) >= 11 is 1.26. The summed E-state index contributed by atoms with van der Waals surface area (Å²) in [6.07, 6.45) is 10.5. The fraction of sp³-hybridized carbons (Fsp3) is 0.786. The van der Waals surface area contributed by atoms with Gasteiger partial charge in [-0.15, -0.1) is 0 Å². The smallest absolute Gasteiger partial charge is 0.335 e. The van der Waals surface area contributed by atoms with E-state index in [2.05, 4.69) is 20.9 Å². The zero-order valence-corrected chi connectivity index (χ0v) is 13.3. The van der Waals surface area contributed by atoms with Crippen molar-refractivity contribution in [3.8, 4) is 0 Å². The van der Waals surface area contributed by atoms with Crippen molar-refractivity contribution in [2.75, 3.05) is 6.26 Å². The second-order valence-electron chi connectivity index (χ2n) is 5.63. The van der Waals surface area contributed by atoms with Gasteiger partial charge in [-0.1, -0.05) is 37.4 Å². The highest BCUT2D eigenvalue weighted by molar-refractivity contribution is 8.13. The molecule has 0 unspecified atom stereocenters. The van der Waals surface area contributed by atoms with Crippen LogP contribution < -0.4 is 16.0 Å². The molecule has 2 aliphatic rings. The Kier molecular flexibility index (Phi) is 6.35. The Bertz CT molecular complexity index is 402. The summed E-state index contributed by atoms with van der Waals surface area (Å²) in [7, 11) is 0. The Hall–Kier alpha value is -1.24. The van der Waals surface area contributed by atoms with Gasteiger partial charge in [-0.05, 0) is 31.9 Å². The zero-order chi connectivity index (χ0) is 15.1. The molecule has 0 aromatic heterocycles. The maximum Gasteiger partial charge on any atom is 0.343 e. The standard InChI is InChI=1S/C14H24N4O2S/c1-21-14(17-12(19)15-10-6-2-3-7-10)18-13(20)16-11-8-4-5-9-11/h10-11H,2-9H2,1H3,(H3,15,16,17,18,19,20). The monoisotopic (exact) mass is 312 g/mol. The lowest BCUT2D eigenvalue weighted by molar-refractivity contribution is 0.241. The van der Waals surface area contributed by atoms with Gasteiger partial charge in [0.1, 0.15) is 0 Å². The third-order valence-corrected chi connectivity index (χ3v) is 4.57. The topological polar surface area (TPSA) is 82.6 Å². The summed E-state index contributed by atoms with van der Waals surface area (Å²) in [6, 6.07) is -0.159. The van der Waals surface area contributed by atoms with E-state index in [1.165, 1.54) is 11.8 Å². The minimum absolute atomic E-state index is 0.233. The number of amidine groups is 1. The summed E-state index contributed by atoms with van der Waals surface area (Å²) in [5, 5.41) is 8.78. The van der Waals surface area contributed by atoms with Crippen LogP contribution in [0, 0.1) is 0 Å². The Morgan fingerprint density at radius 2 is 1.48 bits per heavy atom. The van der Waals surface area contributed by atoms with Crippen LogP contribution in [0.3, 0.4) is 0 Å². The lowest BCUT2D eigenvalue weighted by Gasteiger charge is -2.13. The maximum atomic E-state index is 11.8. The van der Waals surface area contributed by atoms with Gasteiger partial charge in [-0.25, -0.2) is 9.59 Å². The number of rotatable bonds is 2. The Labute approximate surface area is 129 Å². The van der Waals surface area contributed by atoms with Gasteiger partial charge in [0.05, 0.1) is 0 Å². The number of amides is 4. The van der Waals surface area contributed by atoms with Crippen molar-refractivity contribution in [1.82, 2.24) is 16.0 Å². The average molecular weight is 312 g/mol. The Morgan fingerprint density at radius 3 is 2.00 bits per heavy atom. The van der Waals surface area contributed by atoms with Gasteiger partial charge in [0.2, 0.25) is 0 Å². The summed E-state index contributed by atoms with van der Waals surface area (Å²) in [5.74, 6) is 0. The number of nitrogens with one attached hydrogen (secondary N) is 3. The van der Waals surface area contributed by atoms with Crippen LogP contribution >= 0.6 is 11.8 Å². The first-order valence-corrected chi connectivity index (χ1v) is 8.90. The molecule has 6 nitrogen and oxygen atoms in total. The first-order valence-electron chi connectivity index (χ1n) is 7.68. The fourth-order valence-corrected chi connectivity index (χ4v) is 3.25. The van der Waals surface area contributed by atoms with E-state index in [4.69, 9.17) is 0 Å². The molecular weight excluding hydrogens is 288 g/mol. The minimum Gasteiger partial charge on any atom is -0.335 e. The number of urea groups is 2. The lowest BCUT2D eigenvalue weighted by atomic mass is 10.3. The molecule has 0 aromatic rings. The number of hydrogen-bond acceptors (Lipinski definition) is 3. The molecule has 0 heterocycles. The number of carbonyl (C=O) groups is 2. The summed E-state index contributed by atoms with van der Waals surface area (Å²) in [4.78, 5) is 27.6. The number of aliphatic imine (C=N–C) groups is 1. The largest absolute Gasteiger partial charge is 0.343 e. The van der Waals surface area contributed by atoms with Crippen LogP contribution in [-0.4, -0.2) is 35.6 Å². The zero-order valence-electron chi connectivity index (χ0n) is 12.5.